The van der Waals surface area contributed by atoms with E-state index in [1.54, 1.807) is 0 Å². The molecule has 0 saturated carbocycles. The summed E-state index contributed by atoms with van der Waals surface area (Å²) in [7, 11) is 1.25. The first kappa shape index (κ1) is 13.9. The second-order valence-electron chi connectivity index (χ2n) is 3.66. The van der Waals surface area contributed by atoms with E-state index < -0.39 is 11.6 Å². The van der Waals surface area contributed by atoms with Crippen molar-refractivity contribution in [2.45, 2.75) is 38.3 Å². The molecule has 0 aliphatic heterocycles. The average molecular weight is 213 g/mol. The maximum Gasteiger partial charge on any atom is 0.338 e. The number of aliphatic hydroxyl groups is 1. The summed E-state index contributed by atoms with van der Waals surface area (Å²) in [4.78, 5) is 11.1. The molecule has 0 radical (unpaired) electrons. The molecule has 0 heterocycles. The molecule has 0 aromatic rings. The van der Waals surface area contributed by atoms with Crippen LogP contribution in [-0.4, -0.2) is 36.4 Å². The monoisotopic (exact) mass is 213 g/mol. The lowest BCUT2D eigenvalue weighted by molar-refractivity contribution is -0.160. The maximum atomic E-state index is 11.1. The van der Waals surface area contributed by atoms with Crippen molar-refractivity contribution in [2.24, 2.45) is 0 Å². The molecule has 0 fully saturated rings. The zero-order valence-electron chi connectivity index (χ0n) is 9.54. The van der Waals surface area contributed by atoms with Crippen molar-refractivity contribution in [1.29, 1.82) is 0 Å². The number of terminal acetylenes is 1. The Balaban J connectivity index is 4.12. The van der Waals surface area contributed by atoms with Gasteiger partial charge in [0.1, 0.15) is 0 Å². The van der Waals surface area contributed by atoms with Crippen LogP contribution in [0.4, 0.5) is 0 Å². The van der Waals surface area contributed by atoms with E-state index >= 15 is 0 Å². The number of hydrogen-bond acceptors (Lipinski definition) is 4. The molecule has 2 unspecified atom stereocenters. The molecule has 0 aromatic heterocycles. The van der Waals surface area contributed by atoms with Crippen LogP contribution in [0, 0.1) is 12.3 Å². The van der Waals surface area contributed by atoms with Crippen LogP contribution in [0.1, 0.15) is 26.7 Å². The quantitative estimate of drug-likeness (QED) is 0.492. The Bertz CT molecular complexity index is 243. The zero-order valence-corrected chi connectivity index (χ0v) is 9.54. The van der Waals surface area contributed by atoms with Crippen molar-refractivity contribution in [3.63, 3.8) is 0 Å². The first-order valence-electron chi connectivity index (χ1n) is 4.95. The summed E-state index contributed by atoms with van der Waals surface area (Å²) >= 11 is 0. The third-order valence-electron chi connectivity index (χ3n) is 2.22. The van der Waals surface area contributed by atoms with Crippen LogP contribution in [0.2, 0.25) is 0 Å². The number of esters is 1. The Labute approximate surface area is 91.0 Å². The van der Waals surface area contributed by atoms with Gasteiger partial charge in [0.2, 0.25) is 0 Å². The Morgan fingerprint density at radius 1 is 1.73 bits per heavy atom. The van der Waals surface area contributed by atoms with Crippen molar-refractivity contribution < 1.29 is 14.6 Å². The van der Waals surface area contributed by atoms with Gasteiger partial charge in [0.15, 0.2) is 5.60 Å². The number of rotatable bonds is 6. The molecule has 4 nitrogen and oxygen atoms in total. The van der Waals surface area contributed by atoms with E-state index in [-0.39, 0.29) is 12.6 Å². The smallest absolute Gasteiger partial charge is 0.338 e. The third kappa shape index (κ3) is 4.82. The fraction of sp³-hybridized carbons (Fsp3) is 0.727. The molecular formula is C11H19NO3. The Hall–Kier alpha value is -1.05. The minimum Gasteiger partial charge on any atom is -0.467 e. The predicted octanol–water partition coefficient (Wildman–Crippen LogP) is 0.302. The van der Waals surface area contributed by atoms with Crippen molar-refractivity contribution in [3.05, 3.63) is 0 Å². The number of ether oxygens (including phenoxy) is 1. The minimum absolute atomic E-state index is 0.117. The van der Waals surface area contributed by atoms with Gasteiger partial charge in [0.25, 0.3) is 0 Å². The van der Waals surface area contributed by atoms with Gasteiger partial charge in [-0.25, -0.2) is 4.79 Å². The average Bonchev–Trinajstić information content (AvgIpc) is 2.22. The molecule has 2 N–H and O–H groups in total. The van der Waals surface area contributed by atoms with E-state index in [4.69, 9.17) is 6.42 Å². The van der Waals surface area contributed by atoms with E-state index in [0.29, 0.717) is 6.42 Å². The summed E-state index contributed by atoms with van der Waals surface area (Å²) in [5.74, 6) is 1.89. The van der Waals surface area contributed by atoms with Crippen LogP contribution >= 0.6 is 0 Å². The summed E-state index contributed by atoms with van der Waals surface area (Å²) in [6, 6.07) is 0.117. The second kappa shape index (κ2) is 6.44. The van der Waals surface area contributed by atoms with Gasteiger partial charge in [-0.3, -0.25) is 0 Å². The first-order valence-corrected chi connectivity index (χ1v) is 4.95. The predicted molar refractivity (Wildman–Crippen MR) is 58.2 cm³/mol. The molecule has 86 valence electrons. The van der Waals surface area contributed by atoms with Crippen molar-refractivity contribution in [2.75, 3.05) is 13.7 Å². The van der Waals surface area contributed by atoms with E-state index in [1.807, 2.05) is 6.92 Å². The Kier molecular flexibility index (Phi) is 5.99. The molecule has 0 aliphatic carbocycles. The highest BCUT2D eigenvalue weighted by Gasteiger charge is 2.31. The maximum absolute atomic E-state index is 11.1. The Morgan fingerprint density at radius 2 is 2.33 bits per heavy atom. The SMILES string of the molecule is C#CCC(CC)NCC(C)(O)C(=O)OC. The first-order chi connectivity index (χ1) is 6.97. The lowest BCUT2D eigenvalue weighted by Crippen LogP contribution is -2.48. The van der Waals surface area contributed by atoms with Crippen LogP contribution in [0.25, 0.3) is 0 Å². The number of carbonyl (C=O) groups excluding carboxylic acids is 1. The summed E-state index contributed by atoms with van der Waals surface area (Å²) in [5.41, 5.74) is -1.50. The summed E-state index contributed by atoms with van der Waals surface area (Å²) in [5, 5.41) is 12.7. The van der Waals surface area contributed by atoms with Gasteiger partial charge in [-0.05, 0) is 13.3 Å². The van der Waals surface area contributed by atoms with Gasteiger partial charge in [-0.15, -0.1) is 12.3 Å². The molecule has 0 amide bonds. The third-order valence-corrected chi connectivity index (χ3v) is 2.22. The van der Waals surface area contributed by atoms with E-state index in [1.165, 1.54) is 14.0 Å². The van der Waals surface area contributed by atoms with Crippen LogP contribution in [0.5, 0.6) is 0 Å². The van der Waals surface area contributed by atoms with Crippen LogP contribution in [0.3, 0.4) is 0 Å². The highest BCUT2D eigenvalue weighted by atomic mass is 16.5. The van der Waals surface area contributed by atoms with E-state index in [9.17, 15) is 9.90 Å². The topological polar surface area (TPSA) is 58.6 Å². The molecule has 0 saturated heterocycles. The van der Waals surface area contributed by atoms with Crippen LogP contribution in [-0.2, 0) is 9.53 Å². The molecule has 15 heavy (non-hydrogen) atoms. The lowest BCUT2D eigenvalue weighted by Gasteiger charge is -2.23. The number of carbonyl (C=O) groups is 1. The van der Waals surface area contributed by atoms with Crippen molar-refractivity contribution in [3.8, 4) is 12.3 Å². The fourth-order valence-corrected chi connectivity index (χ4v) is 1.14. The van der Waals surface area contributed by atoms with Crippen LogP contribution in [0.15, 0.2) is 0 Å². The number of hydrogen-bond donors (Lipinski definition) is 2. The highest BCUT2D eigenvalue weighted by molar-refractivity contribution is 5.78. The second-order valence-corrected chi connectivity index (χ2v) is 3.66. The summed E-state index contributed by atoms with van der Waals surface area (Å²) in [6.45, 7) is 3.54. The largest absolute Gasteiger partial charge is 0.467 e. The minimum atomic E-state index is -1.50. The molecule has 4 heteroatoms. The number of methoxy groups -OCH3 is 1. The van der Waals surface area contributed by atoms with Gasteiger partial charge in [0.05, 0.1) is 7.11 Å². The van der Waals surface area contributed by atoms with Crippen molar-refractivity contribution in [1.82, 2.24) is 5.32 Å². The molecule has 2 atom stereocenters. The highest BCUT2D eigenvalue weighted by Crippen LogP contribution is 2.06. The molecule has 0 bridgehead atoms. The molecule has 0 spiro atoms. The molecule has 0 aliphatic rings. The van der Waals surface area contributed by atoms with Crippen LogP contribution < -0.4 is 5.32 Å². The molecule has 0 aromatic carbocycles. The van der Waals surface area contributed by atoms with Gasteiger partial charge in [-0.2, -0.15) is 0 Å². The fourth-order valence-electron chi connectivity index (χ4n) is 1.14. The summed E-state index contributed by atoms with van der Waals surface area (Å²) < 4.78 is 4.47. The Morgan fingerprint density at radius 3 is 2.73 bits per heavy atom. The zero-order chi connectivity index (χ0) is 11.9. The molecular weight excluding hydrogens is 194 g/mol. The van der Waals surface area contributed by atoms with Gasteiger partial charge in [0, 0.05) is 19.0 Å². The van der Waals surface area contributed by atoms with Gasteiger partial charge in [-0.1, -0.05) is 6.92 Å². The van der Waals surface area contributed by atoms with Gasteiger partial charge < -0.3 is 15.2 Å². The standard InChI is InChI=1S/C11H19NO3/c1-5-7-9(6-2)12-8-11(3,14)10(13)15-4/h1,9,12,14H,6-8H2,2-4H3. The number of nitrogens with one attached hydrogen (secondary N) is 1. The van der Waals surface area contributed by atoms with Gasteiger partial charge >= 0.3 is 5.97 Å². The van der Waals surface area contributed by atoms with E-state index in [0.717, 1.165) is 6.42 Å². The summed E-state index contributed by atoms with van der Waals surface area (Å²) in [6.07, 6.45) is 6.61. The normalized spacial score (nSPS) is 16.2. The van der Waals surface area contributed by atoms with E-state index in [2.05, 4.69) is 16.0 Å². The molecule has 0 rings (SSSR count). The van der Waals surface area contributed by atoms with Crippen molar-refractivity contribution >= 4 is 5.97 Å². The lowest BCUT2D eigenvalue weighted by atomic mass is 10.1.